The predicted octanol–water partition coefficient (Wildman–Crippen LogP) is 2.76. The molecule has 8 nitrogen and oxygen atoms in total. The summed E-state index contributed by atoms with van der Waals surface area (Å²) in [6, 6.07) is 17.8. The van der Waals surface area contributed by atoms with Crippen molar-refractivity contribution in [1.29, 1.82) is 5.26 Å². The molecule has 0 unspecified atom stereocenters. The number of nitrogens with one attached hydrogen (secondary N) is 1. The maximum absolute atomic E-state index is 12.4. The fourth-order valence-electron chi connectivity index (χ4n) is 3.00. The lowest BCUT2D eigenvalue weighted by Crippen LogP contribution is -2.44. The lowest BCUT2D eigenvalue weighted by Gasteiger charge is -2.35. The second-order valence-corrected chi connectivity index (χ2v) is 6.24. The molecule has 2 aromatic rings. The van der Waals surface area contributed by atoms with Crippen LogP contribution in [0.2, 0.25) is 0 Å². The van der Waals surface area contributed by atoms with Crippen LogP contribution in [-0.2, 0) is 4.79 Å². The van der Waals surface area contributed by atoms with Gasteiger partial charge in [-0.05, 0) is 18.2 Å². The van der Waals surface area contributed by atoms with E-state index in [9.17, 15) is 20.2 Å². The Balaban J connectivity index is 1.65. The summed E-state index contributed by atoms with van der Waals surface area (Å²) in [6.07, 6.45) is 1.52. The van der Waals surface area contributed by atoms with E-state index in [1.807, 2.05) is 41.3 Å². The molecule has 1 fully saturated rings. The van der Waals surface area contributed by atoms with Crippen molar-refractivity contribution in [2.45, 2.75) is 0 Å². The van der Waals surface area contributed by atoms with Gasteiger partial charge < -0.3 is 15.1 Å². The highest BCUT2D eigenvalue weighted by Crippen LogP contribution is 2.23. The SMILES string of the molecule is N#C/C(=C/N1CCN(c2ccccc2)CC1)C(=O)Nc1ccccc1[N+](=O)[O-]. The summed E-state index contributed by atoms with van der Waals surface area (Å²) in [6.45, 7) is 2.87. The molecule has 0 saturated carbocycles. The minimum Gasteiger partial charge on any atom is -0.373 e. The zero-order valence-electron chi connectivity index (χ0n) is 15.1. The molecule has 0 spiro atoms. The Morgan fingerprint density at radius 1 is 1.07 bits per heavy atom. The van der Waals surface area contributed by atoms with Crippen molar-refractivity contribution in [2.75, 3.05) is 36.4 Å². The van der Waals surface area contributed by atoms with E-state index >= 15 is 0 Å². The number of piperazine rings is 1. The number of rotatable bonds is 5. The molecule has 1 aliphatic rings. The Labute approximate surface area is 162 Å². The van der Waals surface area contributed by atoms with Crippen molar-refractivity contribution in [3.8, 4) is 6.07 Å². The molecule has 2 aromatic carbocycles. The quantitative estimate of drug-likeness (QED) is 0.372. The predicted molar refractivity (Wildman–Crippen MR) is 106 cm³/mol. The largest absolute Gasteiger partial charge is 0.373 e. The third-order valence-electron chi connectivity index (χ3n) is 4.46. The Morgan fingerprint density at radius 2 is 1.71 bits per heavy atom. The fraction of sp³-hybridized carbons (Fsp3) is 0.200. The van der Waals surface area contributed by atoms with E-state index in [2.05, 4.69) is 10.2 Å². The van der Waals surface area contributed by atoms with Crippen LogP contribution in [0.5, 0.6) is 0 Å². The Bertz CT molecular complexity index is 928. The van der Waals surface area contributed by atoms with Crippen LogP contribution >= 0.6 is 0 Å². The van der Waals surface area contributed by atoms with Crippen LogP contribution < -0.4 is 10.2 Å². The molecule has 0 bridgehead atoms. The van der Waals surface area contributed by atoms with Crippen molar-refractivity contribution in [3.05, 3.63) is 76.5 Å². The van der Waals surface area contributed by atoms with Crippen molar-refractivity contribution in [2.24, 2.45) is 0 Å². The smallest absolute Gasteiger partial charge is 0.292 e. The van der Waals surface area contributed by atoms with E-state index in [-0.39, 0.29) is 16.9 Å². The van der Waals surface area contributed by atoms with Gasteiger partial charge in [-0.1, -0.05) is 30.3 Å². The third-order valence-corrected chi connectivity index (χ3v) is 4.46. The maximum atomic E-state index is 12.4. The molecule has 142 valence electrons. The molecule has 1 heterocycles. The first kappa shape index (κ1) is 18.9. The molecule has 0 radical (unpaired) electrons. The number of benzene rings is 2. The number of nitrogens with zero attached hydrogens (tertiary/aromatic N) is 4. The summed E-state index contributed by atoms with van der Waals surface area (Å²) in [4.78, 5) is 27.1. The second-order valence-electron chi connectivity index (χ2n) is 6.24. The van der Waals surface area contributed by atoms with E-state index in [1.54, 1.807) is 6.07 Å². The molecule has 1 saturated heterocycles. The molecule has 28 heavy (non-hydrogen) atoms. The molecule has 1 aliphatic heterocycles. The average Bonchev–Trinajstić information content (AvgIpc) is 2.73. The highest BCUT2D eigenvalue weighted by molar-refractivity contribution is 6.07. The summed E-state index contributed by atoms with van der Waals surface area (Å²) in [5.74, 6) is -0.665. The number of carbonyl (C=O) groups excluding carboxylic acids is 1. The van der Waals surface area contributed by atoms with E-state index < -0.39 is 10.8 Å². The van der Waals surface area contributed by atoms with Gasteiger partial charge in [-0.2, -0.15) is 5.26 Å². The molecule has 3 rings (SSSR count). The number of anilines is 2. The van der Waals surface area contributed by atoms with Gasteiger partial charge in [-0.25, -0.2) is 0 Å². The van der Waals surface area contributed by atoms with Gasteiger partial charge in [0.05, 0.1) is 4.92 Å². The standard InChI is InChI=1S/C20H19N5O3/c21-14-16(20(26)22-18-8-4-5-9-19(18)25(27)28)15-23-10-12-24(13-11-23)17-6-2-1-3-7-17/h1-9,15H,10-13H2,(H,22,26)/b16-15-. The zero-order chi connectivity index (χ0) is 19.9. The van der Waals surface area contributed by atoms with Gasteiger partial charge in [0.25, 0.3) is 11.6 Å². The number of nitro benzene ring substituents is 1. The van der Waals surface area contributed by atoms with E-state index in [4.69, 9.17) is 0 Å². The molecule has 0 aliphatic carbocycles. The van der Waals surface area contributed by atoms with Gasteiger partial charge in [0.1, 0.15) is 17.3 Å². The fourth-order valence-corrected chi connectivity index (χ4v) is 3.00. The van der Waals surface area contributed by atoms with Gasteiger partial charge in [0, 0.05) is 44.1 Å². The van der Waals surface area contributed by atoms with Crippen LogP contribution in [0.25, 0.3) is 0 Å². The molecule has 1 amide bonds. The summed E-state index contributed by atoms with van der Waals surface area (Å²) in [5, 5.41) is 22.9. The van der Waals surface area contributed by atoms with Crippen LogP contribution in [0.1, 0.15) is 0 Å². The highest BCUT2D eigenvalue weighted by Gasteiger charge is 2.20. The van der Waals surface area contributed by atoms with E-state index in [1.165, 1.54) is 24.4 Å². The van der Waals surface area contributed by atoms with Crippen LogP contribution in [0.4, 0.5) is 17.1 Å². The third kappa shape index (κ3) is 4.45. The summed E-state index contributed by atoms with van der Waals surface area (Å²) < 4.78 is 0. The maximum Gasteiger partial charge on any atom is 0.292 e. The monoisotopic (exact) mass is 377 g/mol. The van der Waals surface area contributed by atoms with Crippen LogP contribution in [0.3, 0.4) is 0 Å². The Morgan fingerprint density at radius 3 is 2.36 bits per heavy atom. The van der Waals surface area contributed by atoms with Gasteiger partial charge in [-0.3, -0.25) is 14.9 Å². The number of para-hydroxylation sites is 3. The average molecular weight is 377 g/mol. The number of carbonyl (C=O) groups is 1. The molecular formula is C20H19N5O3. The summed E-state index contributed by atoms with van der Waals surface area (Å²) >= 11 is 0. The second kappa shape index (κ2) is 8.68. The number of amides is 1. The van der Waals surface area contributed by atoms with Crippen LogP contribution in [0, 0.1) is 21.4 Å². The summed E-state index contributed by atoms with van der Waals surface area (Å²) in [7, 11) is 0. The number of hydrogen-bond acceptors (Lipinski definition) is 6. The molecule has 0 aromatic heterocycles. The lowest BCUT2D eigenvalue weighted by atomic mass is 10.2. The Kier molecular flexibility index (Phi) is 5.87. The van der Waals surface area contributed by atoms with Crippen molar-refractivity contribution in [3.63, 3.8) is 0 Å². The minimum atomic E-state index is -0.665. The number of nitro groups is 1. The molecule has 8 heteroatoms. The van der Waals surface area contributed by atoms with Gasteiger partial charge >= 0.3 is 0 Å². The normalized spacial score (nSPS) is 14.3. The van der Waals surface area contributed by atoms with Gasteiger partial charge in [-0.15, -0.1) is 0 Å². The first-order valence-electron chi connectivity index (χ1n) is 8.79. The van der Waals surface area contributed by atoms with Crippen molar-refractivity contribution in [1.82, 2.24) is 4.90 Å². The van der Waals surface area contributed by atoms with Gasteiger partial charge in [0.15, 0.2) is 0 Å². The summed E-state index contributed by atoms with van der Waals surface area (Å²) in [5.41, 5.74) is 0.893. The van der Waals surface area contributed by atoms with Crippen LogP contribution in [0.15, 0.2) is 66.4 Å². The Hall–Kier alpha value is -3.86. The number of hydrogen-bond donors (Lipinski definition) is 1. The van der Waals surface area contributed by atoms with Crippen LogP contribution in [-0.4, -0.2) is 41.9 Å². The highest BCUT2D eigenvalue weighted by atomic mass is 16.6. The molecular weight excluding hydrogens is 358 g/mol. The minimum absolute atomic E-state index is 0.0625. The van der Waals surface area contributed by atoms with E-state index in [0.29, 0.717) is 13.1 Å². The first-order chi connectivity index (χ1) is 13.6. The van der Waals surface area contributed by atoms with Crippen molar-refractivity contribution < 1.29 is 9.72 Å². The van der Waals surface area contributed by atoms with Gasteiger partial charge in [0.2, 0.25) is 0 Å². The lowest BCUT2D eigenvalue weighted by molar-refractivity contribution is -0.383. The molecule has 0 atom stereocenters. The zero-order valence-corrected chi connectivity index (χ0v) is 15.1. The topological polar surface area (TPSA) is 103 Å². The van der Waals surface area contributed by atoms with Crippen molar-refractivity contribution >= 4 is 23.0 Å². The van der Waals surface area contributed by atoms with E-state index in [0.717, 1.165) is 18.8 Å². The molecule has 1 N–H and O–H groups in total. The number of nitriles is 1. The first-order valence-corrected chi connectivity index (χ1v) is 8.79.